The number of aromatic nitrogens is 2. The number of nitrogens with one attached hydrogen (secondary N) is 1. The topological polar surface area (TPSA) is 29.9 Å². The largest absolute Gasteiger partial charge is 0.383 e. The van der Waals surface area contributed by atoms with Gasteiger partial charge in [-0.25, -0.2) is 4.39 Å². The predicted molar refractivity (Wildman–Crippen MR) is 81.0 cm³/mol. The molecule has 0 spiro atoms. The van der Waals surface area contributed by atoms with E-state index < -0.39 is 0 Å². The summed E-state index contributed by atoms with van der Waals surface area (Å²) in [4.78, 5) is 3.12. The van der Waals surface area contributed by atoms with Gasteiger partial charge in [-0.15, -0.1) is 0 Å². The maximum atomic E-state index is 13.7. The molecule has 1 unspecified atom stereocenters. The molecule has 1 N–H and O–H groups in total. The van der Waals surface area contributed by atoms with Crippen molar-refractivity contribution in [3.63, 3.8) is 0 Å². The molecule has 0 aliphatic heterocycles. The van der Waals surface area contributed by atoms with Crippen molar-refractivity contribution in [3.8, 4) is 0 Å². The lowest BCUT2D eigenvalue weighted by Gasteiger charge is -2.16. The van der Waals surface area contributed by atoms with Crippen molar-refractivity contribution in [1.29, 1.82) is 0 Å². The summed E-state index contributed by atoms with van der Waals surface area (Å²) in [6.07, 6.45) is 0.878. The van der Waals surface area contributed by atoms with Gasteiger partial charge in [-0.2, -0.15) is 0 Å². The van der Waals surface area contributed by atoms with Gasteiger partial charge in [0.15, 0.2) is 4.77 Å². The molecule has 1 atom stereocenters. The number of fused-ring (bicyclic) bond motifs is 1. The molecule has 1 aromatic heterocycles. The van der Waals surface area contributed by atoms with E-state index in [4.69, 9.17) is 17.0 Å². The van der Waals surface area contributed by atoms with Crippen LogP contribution in [-0.4, -0.2) is 23.3 Å². The molecule has 0 aliphatic rings. The van der Waals surface area contributed by atoms with Gasteiger partial charge in [-0.05, 0) is 47.3 Å². The first-order valence-corrected chi connectivity index (χ1v) is 7.15. The lowest BCUT2D eigenvalue weighted by atomic mass is 10.2. The van der Waals surface area contributed by atoms with Gasteiger partial charge in [-0.3, -0.25) is 0 Å². The van der Waals surface area contributed by atoms with Crippen LogP contribution in [0.5, 0.6) is 0 Å². The number of nitrogens with zero attached hydrogens (tertiary/aromatic N) is 1. The molecule has 1 aromatic carbocycles. The Kier molecular flexibility index (Phi) is 4.39. The smallest absolute Gasteiger partial charge is 0.178 e. The predicted octanol–water partition coefficient (Wildman–Crippen LogP) is 4.04. The minimum absolute atomic E-state index is 0.121. The van der Waals surface area contributed by atoms with E-state index >= 15 is 0 Å². The third-order valence-electron chi connectivity index (χ3n) is 2.95. The van der Waals surface area contributed by atoms with E-state index in [-0.39, 0.29) is 11.9 Å². The number of aromatic amines is 1. The molecule has 0 bridgehead atoms. The fourth-order valence-electron chi connectivity index (χ4n) is 2.05. The number of ether oxygens (including phenoxy) is 1. The Morgan fingerprint density at radius 1 is 1.56 bits per heavy atom. The highest BCUT2D eigenvalue weighted by Gasteiger charge is 2.15. The van der Waals surface area contributed by atoms with Crippen LogP contribution in [-0.2, 0) is 4.74 Å². The quantitative estimate of drug-likeness (QED) is 0.641. The second-order valence-corrected chi connectivity index (χ2v) is 5.65. The Morgan fingerprint density at radius 2 is 2.28 bits per heavy atom. The van der Waals surface area contributed by atoms with Gasteiger partial charge in [-0.1, -0.05) is 6.92 Å². The van der Waals surface area contributed by atoms with Crippen molar-refractivity contribution in [2.45, 2.75) is 19.4 Å². The Hall–Kier alpha value is -0.470. The first-order chi connectivity index (χ1) is 8.58. The van der Waals surface area contributed by atoms with Crippen LogP contribution in [0, 0.1) is 14.2 Å². The standard InChI is InChI=1S/C12H14FIN2OS/c1-3-7(6-17-2)16-11-4-8(13)9(14)5-10(11)15-12(16)18/h4-5,7H,3,6H2,1-2H3,(H,15,18). The summed E-state index contributed by atoms with van der Waals surface area (Å²) in [6, 6.07) is 3.43. The average molecular weight is 380 g/mol. The highest BCUT2D eigenvalue weighted by molar-refractivity contribution is 14.1. The van der Waals surface area contributed by atoms with E-state index in [9.17, 15) is 4.39 Å². The van der Waals surface area contributed by atoms with Gasteiger partial charge in [0.1, 0.15) is 5.82 Å². The fraction of sp³-hybridized carbons (Fsp3) is 0.417. The van der Waals surface area contributed by atoms with Crippen LogP contribution in [0.4, 0.5) is 4.39 Å². The van der Waals surface area contributed by atoms with Crippen LogP contribution in [0.2, 0.25) is 0 Å². The number of H-pyrrole nitrogens is 1. The summed E-state index contributed by atoms with van der Waals surface area (Å²) >= 11 is 7.30. The molecule has 0 amide bonds. The van der Waals surface area contributed by atoms with Crippen molar-refractivity contribution in [2.24, 2.45) is 0 Å². The van der Waals surface area contributed by atoms with Crippen molar-refractivity contribution < 1.29 is 9.13 Å². The molecule has 18 heavy (non-hydrogen) atoms. The number of rotatable bonds is 4. The first kappa shape index (κ1) is 14.0. The van der Waals surface area contributed by atoms with Crippen LogP contribution in [0.1, 0.15) is 19.4 Å². The molecule has 1 heterocycles. The summed E-state index contributed by atoms with van der Waals surface area (Å²) in [7, 11) is 1.66. The average Bonchev–Trinajstić information content (AvgIpc) is 2.63. The molecule has 0 radical (unpaired) electrons. The molecule has 2 rings (SSSR count). The Balaban J connectivity index is 2.66. The zero-order valence-electron chi connectivity index (χ0n) is 10.2. The molecule has 0 fully saturated rings. The summed E-state index contributed by atoms with van der Waals surface area (Å²) in [6.45, 7) is 2.62. The van der Waals surface area contributed by atoms with Gasteiger partial charge < -0.3 is 14.3 Å². The molecular weight excluding hydrogens is 366 g/mol. The lowest BCUT2D eigenvalue weighted by Crippen LogP contribution is -2.14. The monoisotopic (exact) mass is 380 g/mol. The number of imidazole rings is 1. The van der Waals surface area contributed by atoms with Crippen LogP contribution >= 0.6 is 34.8 Å². The Bertz CT molecular complexity index is 622. The van der Waals surface area contributed by atoms with Gasteiger partial charge in [0, 0.05) is 13.2 Å². The van der Waals surface area contributed by atoms with Gasteiger partial charge in [0.25, 0.3) is 0 Å². The molecule has 3 nitrogen and oxygen atoms in total. The summed E-state index contributed by atoms with van der Waals surface area (Å²) in [5, 5.41) is 0. The molecule has 6 heteroatoms. The normalized spacial score (nSPS) is 13.1. The van der Waals surface area contributed by atoms with Gasteiger partial charge in [0.2, 0.25) is 0 Å². The lowest BCUT2D eigenvalue weighted by molar-refractivity contribution is 0.154. The van der Waals surface area contributed by atoms with Crippen molar-refractivity contribution >= 4 is 45.8 Å². The van der Waals surface area contributed by atoms with Gasteiger partial charge in [0.05, 0.1) is 27.3 Å². The zero-order valence-corrected chi connectivity index (χ0v) is 13.1. The van der Waals surface area contributed by atoms with Crippen molar-refractivity contribution in [1.82, 2.24) is 9.55 Å². The SMILES string of the molecule is CCC(COC)n1c(=S)[nH]c2cc(I)c(F)cc21. The van der Waals surface area contributed by atoms with Crippen LogP contribution in [0.3, 0.4) is 0 Å². The highest BCUT2D eigenvalue weighted by Crippen LogP contribution is 2.25. The maximum absolute atomic E-state index is 13.7. The number of halogens is 2. The second kappa shape index (κ2) is 5.66. The summed E-state index contributed by atoms with van der Waals surface area (Å²) in [5.41, 5.74) is 1.65. The molecular formula is C12H14FIN2OS. The van der Waals surface area contributed by atoms with Gasteiger partial charge >= 0.3 is 0 Å². The third kappa shape index (κ3) is 2.46. The summed E-state index contributed by atoms with van der Waals surface area (Å²) in [5.74, 6) is -0.224. The number of methoxy groups -OCH3 is 1. The highest BCUT2D eigenvalue weighted by atomic mass is 127. The van der Waals surface area contributed by atoms with E-state index in [1.165, 1.54) is 6.07 Å². The van der Waals surface area contributed by atoms with E-state index in [0.717, 1.165) is 17.5 Å². The fourth-order valence-corrected chi connectivity index (χ4v) is 2.87. The second-order valence-electron chi connectivity index (χ2n) is 4.10. The number of hydrogen-bond donors (Lipinski definition) is 1. The Labute approximate surface area is 123 Å². The third-order valence-corrected chi connectivity index (χ3v) is 4.08. The molecule has 0 aliphatic carbocycles. The summed E-state index contributed by atoms with van der Waals surface area (Å²) < 4.78 is 22.0. The minimum Gasteiger partial charge on any atom is -0.383 e. The van der Waals surface area contributed by atoms with Crippen molar-refractivity contribution in [3.05, 3.63) is 26.3 Å². The van der Waals surface area contributed by atoms with E-state index in [0.29, 0.717) is 14.9 Å². The molecule has 2 aromatic rings. The molecule has 0 saturated heterocycles. The minimum atomic E-state index is -0.224. The number of benzene rings is 1. The van der Waals surface area contributed by atoms with E-state index in [1.54, 1.807) is 13.2 Å². The van der Waals surface area contributed by atoms with Crippen LogP contribution < -0.4 is 0 Å². The zero-order chi connectivity index (χ0) is 13.3. The van der Waals surface area contributed by atoms with Crippen LogP contribution in [0.15, 0.2) is 12.1 Å². The molecule has 0 saturated carbocycles. The first-order valence-electron chi connectivity index (χ1n) is 5.66. The Morgan fingerprint density at radius 3 is 2.89 bits per heavy atom. The van der Waals surface area contributed by atoms with E-state index in [2.05, 4.69) is 11.9 Å². The van der Waals surface area contributed by atoms with E-state index in [1.807, 2.05) is 27.2 Å². The maximum Gasteiger partial charge on any atom is 0.178 e. The van der Waals surface area contributed by atoms with Crippen molar-refractivity contribution in [2.75, 3.05) is 13.7 Å². The van der Waals surface area contributed by atoms with Crippen LogP contribution in [0.25, 0.3) is 11.0 Å². The number of hydrogen-bond acceptors (Lipinski definition) is 2. The molecule has 98 valence electrons.